The van der Waals surface area contributed by atoms with Gasteiger partial charge in [-0.05, 0) is 41.6 Å². The quantitative estimate of drug-likeness (QED) is 0.441. The van der Waals surface area contributed by atoms with E-state index in [2.05, 4.69) is 5.32 Å². The molecule has 4 rings (SSSR count). The highest BCUT2D eigenvalue weighted by atomic mass is 19.1. The fourth-order valence-corrected chi connectivity index (χ4v) is 3.77. The zero-order chi connectivity index (χ0) is 24.2. The van der Waals surface area contributed by atoms with Crippen molar-refractivity contribution in [2.75, 3.05) is 6.61 Å². The van der Waals surface area contributed by atoms with Crippen LogP contribution in [-0.2, 0) is 23.1 Å². The van der Waals surface area contributed by atoms with Gasteiger partial charge in [0.15, 0.2) is 6.61 Å². The molecule has 0 atom stereocenters. The Morgan fingerprint density at radius 3 is 2.26 bits per heavy atom. The molecule has 34 heavy (non-hydrogen) atoms. The Bertz CT molecular complexity index is 1420. The third kappa shape index (κ3) is 4.73. The van der Waals surface area contributed by atoms with Crippen molar-refractivity contribution in [2.24, 2.45) is 7.05 Å². The Morgan fingerprint density at radius 1 is 0.941 bits per heavy atom. The molecular formula is C27H23FN2O4. The van der Waals surface area contributed by atoms with Crippen molar-refractivity contribution in [3.05, 3.63) is 106 Å². The van der Waals surface area contributed by atoms with Crippen LogP contribution in [0.5, 0.6) is 0 Å². The lowest BCUT2D eigenvalue weighted by Crippen LogP contribution is -2.30. The zero-order valence-corrected chi connectivity index (χ0v) is 18.8. The molecule has 7 heteroatoms. The van der Waals surface area contributed by atoms with Crippen LogP contribution in [0.4, 0.5) is 4.39 Å². The van der Waals surface area contributed by atoms with Gasteiger partial charge in [0, 0.05) is 24.5 Å². The number of nitrogens with one attached hydrogen (secondary N) is 1. The summed E-state index contributed by atoms with van der Waals surface area (Å²) in [6.07, 6.45) is 0. The summed E-state index contributed by atoms with van der Waals surface area (Å²) in [6.45, 7) is 1.61. The number of nitrogens with zero attached hydrogens (tertiary/aromatic N) is 1. The van der Waals surface area contributed by atoms with E-state index in [0.29, 0.717) is 21.9 Å². The number of pyridine rings is 1. The van der Waals surface area contributed by atoms with E-state index in [0.717, 1.165) is 11.1 Å². The maximum absolute atomic E-state index is 13.1. The SMILES string of the molecule is Cc1ccc(-c2c(C(=O)OCC(=O)NCc3ccc(F)cc3)n(C)c(=O)c3ccccc23)cc1. The summed E-state index contributed by atoms with van der Waals surface area (Å²) < 4.78 is 19.6. The number of hydrogen-bond acceptors (Lipinski definition) is 4. The first-order chi connectivity index (χ1) is 16.3. The fraction of sp³-hybridized carbons (Fsp3) is 0.148. The van der Waals surface area contributed by atoms with Gasteiger partial charge >= 0.3 is 5.97 Å². The minimum absolute atomic E-state index is 0.0684. The lowest BCUT2D eigenvalue weighted by molar-refractivity contribution is -0.124. The second-order valence-electron chi connectivity index (χ2n) is 7.98. The normalized spacial score (nSPS) is 10.8. The first-order valence-electron chi connectivity index (χ1n) is 10.7. The van der Waals surface area contributed by atoms with Crippen molar-refractivity contribution in [1.82, 2.24) is 9.88 Å². The van der Waals surface area contributed by atoms with Crippen LogP contribution in [0.1, 0.15) is 21.6 Å². The van der Waals surface area contributed by atoms with Crippen LogP contribution < -0.4 is 10.9 Å². The third-order valence-electron chi connectivity index (χ3n) is 5.57. The molecule has 1 amide bonds. The van der Waals surface area contributed by atoms with Crippen LogP contribution in [-0.4, -0.2) is 23.1 Å². The molecule has 4 aromatic rings. The second-order valence-corrected chi connectivity index (χ2v) is 7.98. The van der Waals surface area contributed by atoms with Crippen LogP contribution in [0.2, 0.25) is 0 Å². The molecule has 1 aromatic heterocycles. The number of carbonyl (C=O) groups excluding carboxylic acids is 2. The van der Waals surface area contributed by atoms with E-state index in [1.165, 1.54) is 23.7 Å². The molecule has 172 valence electrons. The van der Waals surface area contributed by atoms with E-state index in [9.17, 15) is 18.8 Å². The molecule has 0 spiro atoms. The number of aryl methyl sites for hydroxylation is 1. The predicted octanol–water partition coefficient (Wildman–Crippen LogP) is 4.13. The number of aromatic nitrogens is 1. The smallest absolute Gasteiger partial charge is 0.356 e. The Hall–Kier alpha value is -4.26. The summed E-state index contributed by atoms with van der Waals surface area (Å²) in [4.78, 5) is 38.3. The molecule has 0 saturated carbocycles. The molecule has 0 unspecified atom stereocenters. The molecular weight excluding hydrogens is 435 g/mol. The van der Waals surface area contributed by atoms with E-state index in [1.807, 2.05) is 31.2 Å². The van der Waals surface area contributed by atoms with Crippen molar-refractivity contribution in [3.8, 4) is 11.1 Å². The van der Waals surface area contributed by atoms with Crippen LogP contribution in [0.15, 0.2) is 77.6 Å². The molecule has 6 nitrogen and oxygen atoms in total. The molecule has 0 radical (unpaired) electrons. The second kappa shape index (κ2) is 9.70. The van der Waals surface area contributed by atoms with E-state index in [4.69, 9.17) is 4.74 Å². The average Bonchev–Trinajstić information content (AvgIpc) is 2.85. The van der Waals surface area contributed by atoms with Gasteiger partial charge in [0.2, 0.25) is 0 Å². The highest BCUT2D eigenvalue weighted by molar-refractivity contribution is 6.07. The highest BCUT2D eigenvalue weighted by Crippen LogP contribution is 2.31. The van der Waals surface area contributed by atoms with Crippen molar-refractivity contribution < 1.29 is 18.7 Å². The van der Waals surface area contributed by atoms with Gasteiger partial charge < -0.3 is 14.6 Å². The molecule has 1 N–H and O–H groups in total. The summed E-state index contributed by atoms with van der Waals surface area (Å²) >= 11 is 0. The number of benzene rings is 3. The third-order valence-corrected chi connectivity index (χ3v) is 5.57. The molecule has 1 heterocycles. The number of ether oxygens (including phenoxy) is 1. The van der Waals surface area contributed by atoms with Crippen molar-refractivity contribution >= 4 is 22.6 Å². The van der Waals surface area contributed by atoms with Crippen LogP contribution in [0.3, 0.4) is 0 Å². The first-order valence-corrected chi connectivity index (χ1v) is 10.7. The van der Waals surface area contributed by atoms with E-state index in [-0.39, 0.29) is 23.6 Å². The molecule has 0 aliphatic rings. The van der Waals surface area contributed by atoms with Crippen LogP contribution in [0, 0.1) is 12.7 Å². The Labute approximate surface area is 195 Å². The van der Waals surface area contributed by atoms with Gasteiger partial charge in [-0.1, -0.05) is 60.2 Å². The summed E-state index contributed by atoms with van der Waals surface area (Å²) in [6, 6.07) is 20.4. The first kappa shape index (κ1) is 22.9. The predicted molar refractivity (Wildman–Crippen MR) is 128 cm³/mol. The fourth-order valence-electron chi connectivity index (χ4n) is 3.77. The number of rotatable bonds is 6. The molecule has 0 fully saturated rings. The molecule has 0 saturated heterocycles. The minimum atomic E-state index is -0.780. The van der Waals surface area contributed by atoms with Gasteiger partial charge in [0.25, 0.3) is 11.5 Å². The van der Waals surface area contributed by atoms with Gasteiger partial charge in [-0.2, -0.15) is 0 Å². The van der Waals surface area contributed by atoms with Gasteiger partial charge in [-0.25, -0.2) is 9.18 Å². The Kier molecular flexibility index (Phi) is 6.54. The van der Waals surface area contributed by atoms with Gasteiger partial charge in [-0.3, -0.25) is 9.59 Å². The van der Waals surface area contributed by atoms with Crippen molar-refractivity contribution in [3.63, 3.8) is 0 Å². The summed E-state index contributed by atoms with van der Waals surface area (Å²) in [7, 11) is 1.51. The maximum Gasteiger partial charge on any atom is 0.356 e. The van der Waals surface area contributed by atoms with Crippen molar-refractivity contribution in [1.29, 1.82) is 0 Å². The zero-order valence-electron chi connectivity index (χ0n) is 18.8. The topological polar surface area (TPSA) is 77.4 Å². The van der Waals surface area contributed by atoms with Crippen LogP contribution in [0.25, 0.3) is 21.9 Å². The monoisotopic (exact) mass is 458 g/mol. The van der Waals surface area contributed by atoms with Gasteiger partial charge in [-0.15, -0.1) is 0 Å². The number of amides is 1. The maximum atomic E-state index is 13.1. The number of hydrogen-bond donors (Lipinski definition) is 1. The van der Waals surface area contributed by atoms with E-state index < -0.39 is 18.5 Å². The van der Waals surface area contributed by atoms with Gasteiger partial charge in [0.1, 0.15) is 11.5 Å². The summed E-state index contributed by atoms with van der Waals surface area (Å²) in [5.74, 6) is -1.66. The number of esters is 1. The lowest BCUT2D eigenvalue weighted by Gasteiger charge is -2.17. The lowest BCUT2D eigenvalue weighted by atomic mass is 9.96. The van der Waals surface area contributed by atoms with E-state index >= 15 is 0 Å². The molecule has 0 aliphatic carbocycles. The molecule has 0 aliphatic heterocycles. The highest BCUT2D eigenvalue weighted by Gasteiger charge is 2.23. The summed E-state index contributed by atoms with van der Waals surface area (Å²) in [5, 5.41) is 3.73. The Balaban J connectivity index is 1.62. The number of halogens is 1. The summed E-state index contributed by atoms with van der Waals surface area (Å²) in [5.41, 5.74) is 2.82. The number of carbonyl (C=O) groups is 2. The van der Waals surface area contributed by atoms with Gasteiger partial charge in [0.05, 0.1) is 0 Å². The molecule has 3 aromatic carbocycles. The largest absolute Gasteiger partial charge is 0.451 e. The van der Waals surface area contributed by atoms with Crippen LogP contribution >= 0.6 is 0 Å². The minimum Gasteiger partial charge on any atom is -0.451 e. The van der Waals surface area contributed by atoms with E-state index in [1.54, 1.807) is 36.4 Å². The molecule has 0 bridgehead atoms. The van der Waals surface area contributed by atoms with Crippen molar-refractivity contribution in [2.45, 2.75) is 13.5 Å². The number of fused-ring (bicyclic) bond motifs is 1. The standard InChI is InChI=1S/C27H23FN2O4/c1-17-7-11-19(12-8-17)24-21-5-3-4-6-22(21)26(32)30(2)25(24)27(33)34-16-23(31)29-15-18-9-13-20(28)14-10-18/h3-14H,15-16H2,1-2H3,(H,29,31). The average molecular weight is 458 g/mol. The Morgan fingerprint density at radius 2 is 1.59 bits per heavy atom.